The molecule has 0 aliphatic carbocycles. The lowest BCUT2D eigenvalue weighted by molar-refractivity contribution is -0.174. The smallest absolute Gasteiger partial charge is 0.272 e. The second-order valence-electron chi connectivity index (χ2n) is 3.82. The first kappa shape index (κ1) is 14.7. The highest BCUT2D eigenvalue weighted by Gasteiger charge is 2.50. The average molecular weight is 334 g/mol. The Morgan fingerprint density at radius 2 is 1.84 bits per heavy atom. The van der Waals surface area contributed by atoms with Gasteiger partial charge in [0.2, 0.25) is 0 Å². The maximum Gasteiger partial charge on any atom is 0.401 e. The molecule has 19 heavy (non-hydrogen) atoms. The average Bonchev–Trinajstić information content (AvgIpc) is 2.68. The van der Waals surface area contributed by atoms with Crippen molar-refractivity contribution in [2.45, 2.75) is 6.18 Å². The summed E-state index contributed by atoms with van der Waals surface area (Å²) in [4.78, 5) is 11.7. The lowest BCUT2D eigenvalue weighted by atomic mass is 10.1. The van der Waals surface area contributed by atoms with Crippen LogP contribution in [0, 0.1) is 5.92 Å². The molecule has 1 fully saturated rings. The molecular weight excluding hydrogens is 327 g/mol. The standard InChI is InChI=1S/C10H6Cl3F3N2O/c11-5-1-2-6(8(13)7(5)12)18-9(19)4(3-17-18)10(14,15)16/h1-2,4,17H,3H2. The van der Waals surface area contributed by atoms with E-state index in [0.29, 0.717) is 0 Å². The summed E-state index contributed by atoms with van der Waals surface area (Å²) >= 11 is 17.4. The van der Waals surface area contributed by atoms with E-state index >= 15 is 0 Å². The van der Waals surface area contributed by atoms with Gasteiger partial charge in [0.05, 0.1) is 20.8 Å². The van der Waals surface area contributed by atoms with E-state index < -0.39 is 24.5 Å². The number of nitrogens with zero attached hydrogens (tertiary/aromatic N) is 1. The van der Waals surface area contributed by atoms with Gasteiger partial charge >= 0.3 is 6.18 Å². The van der Waals surface area contributed by atoms with E-state index in [1.165, 1.54) is 12.1 Å². The Morgan fingerprint density at radius 1 is 1.21 bits per heavy atom. The molecule has 3 nitrogen and oxygen atoms in total. The molecule has 0 spiro atoms. The fraction of sp³-hybridized carbons (Fsp3) is 0.300. The van der Waals surface area contributed by atoms with Crippen molar-refractivity contribution in [3.05, 3.63) is 27.2 Å². The van der Waals surface area contributed by atoms with Crippen LogP contribution in [0.25, 0.3) is 0 Å². The normalized spacial score (nSPS) is 20.2. The van der Waals surface area contributed by atoms with Gasteiger partial charge in [-0.3, -0.25) is 4.79 Å². The maximum atomic E-state index is 12.6. The zero-order valence-corrected chi connectivity index (χ0v) is 11.3. The molecule has 9 heteroatoms. The topological polar surface area (TPSA) is 32.3 Å². The number of amides is 1. The van der Waals surface area contributed by atoms with E-state index in [-0.39, 0.29) is 20.8 Å². The van der Waals surface area contributed by atoms with Gasteiger partial charge < -0.3 is 0 Å². The van der Waals surface area contributed by atoms with Crippen molar-refractivity contribution >= 4 is 46.4 Å². The number of rotatable bonds is 1. The number of benzene rings is 1. The molecule has 0 radical (unpaired) electrons. The minimum atomic E-state index is -4.61. The zero-order valence-electron chi connectivity index (χ0n) is 9.06. The number of halogens is 6. The van der Waals surface area contributed by atoms with Gasteiger partial charge in [-0.1, -0.05) is 34.8 Å². The largest absolute Gasteiger partial charge is 0.401 e. The highest BCUT2D eigenvalue weighted by atomic mass is 35.5. The molecule has 1 atom stereocenters. The third-order valence-electron chi connectivity index (χ3n) is 2.62. The Hall–Kier alpha value is -0.690. The van der Waals surface area contributed by atoms with Crippen molar-refractivity contribution in [1.82, 2.24) is 5.43 Å². The molecule has 0 aromatic heterocycles. The van der Waals surface area contributed by atoms with Crippen LogP contribution in [-0.2, 0) is 4.79 Å². The highest BCUT2D eigenvalue weighted by molar-refractivity contribution is 6.49. The Kier molecular flexibility index (Phi) is 3.88. The molecule has 0 saturated carbocycles. The van der Waals surface area contributed by atoms with Crippen LogP contribution in [0.1, 0.15) is 0 Å². The van der Waals surface area contributed by atoms with Gasteiger partial charge in [0.15, 0.2) is 0 Å². The fourth-order valence-corrected chi connectivity index (χ4v) is 2.27. The minimum absolute atomic E-state index is 0.0223. The van der Waals surface area contributed by atoms with Crippen LogP contribution in [0.15, 0.2) is 12.1 Å². The quantitative estimate of drug-likeness (QED) is 0.795. The Labute approximate surface area is 121 Å². The lowest BCUT2D eigenvalue weighted by Gasteiger charge is -2.19. The second kappa shape index (κ2) is 5.01. The summed E-state index contributed by atoms with van der Waals surface area (Å²) in [5.74, 6) is -3.23. The van der Waals surface area contributed by atoms with Crippen LogP contribution in [0.2, 0.25) is 15.1 Å². The number of anilines is 1. The van der Waals surface area contributed by atoms with E-state index in [9.17, 15) is 18.0 Å². The van der Waals surface area contributed by atoms with Crippen molar-refractivity contribution in [2.75, 3.05) is 11.6 Å². The number of hydrazine groups is 1. The SMILES string of the molecule is O=C1C(C(F)(F)F)CNN1c1ccc(Cl)c(Cl)c1Cl. The molecule has 1 N–H and O–H groups in total. The molecule has 0 bridgehead atoms. The zero-order chi connectivity index (χ0) is 14.4. The summed E-state index contributed by atoms with van der Waals surface area (Å²) in [6.07, 6.45) is -4.61. The third-order valence-corrected chi connectivity index (χ3v) is 3.91. The van der Waals surface area contributed by atoms with E-state index in [1.54, 1.807) is 0 Å². The van der Waals surface area contributed by atoms with Crippen LogP contribution in [-0.4, -0.2) is 18.6 Å². The summed E-state index contributed by atoms with van der Waals surface area (Å²) in [7, 11) is 0. The predicted molar refractivity (Wildman–Crippen MR) is 66.5 cm³/mol. The number of alkyl halides is 3. The van der Waals surface area contributed by atoms with Crippen LogP contribution < -0.4 is 10.4 Å². The third kappa shape index (κ3) is 2.63. The molecule has 1 aliphatic heterocycles. The molecule has 104 valence electrons. The van der Waals surface area contributed by atoms with E-state index in [1.807, 2.05) is 0 Å². The van der Waals surface area contributed by atoms with Gasteiger partial charge in [-0.2, -0.15) is 13.2 Å². The van der Waals surface area contributed by atoms with Gasteiger partial charge in [0.1, 0.15) is 5.92 Å². The van der Waals surface area contributed by atoms with Crippen molar-refractivity contribution in [3.63, 3.8) is 0 Å². The first-order valence-electron chi connectivity index (χ1n) is 5.01. The molecule has 1 saturated heterocycles. The monoisotopic (exact) mass is 332 g/mol. The van der Waals surface area contributed by atoms with Gasteiger partial charge in [-0.15, -0.1) is 0 Å². The fourth-order valence-electron chi connectivity index (χ4n) is 1.65. The number of carbonyl (C=O) groups excluding carboxylic acids is 1. The van der Waals surface area contributed by atoms with Crippen molar-refractivity contribution in [1.29, 1.82) is 0 Å². The van der Waals surface area contributed by atoms with E-state index in [4.69, 9.17) is 34.8 Å². The Balaban J connectivity index is 2.35. The van der Waals surface area contributed by atoms with Crippen molar-refractivity contribution < 1.29 is 18.0 Å². The first-order chi connectivity index (χ1) is 8.73. The molecule has 1 aromatic carbocycles. The molecule has 1 aromatic rings. The molecule has 2 rings (SSSR count). The summed E-state index contributed by atoms with van der Waals surface area (Å²) < 4.78 is 37.7. The summed E-state index contributed by atoms with van der Waals surface area (Å²) in [5.41, 5.74) is 2.38. The highest BCUT2D eigenvalue weighted by Crippen LogP contribution is 2.39. The second-order valence-corrected chi connectivity index (χ2v) is 4.99. The molecule has 1 amide bonds. The molecule has 1 heterocycles. The Bertz CT molecular complexity index is 535. The van der Waals surface area contributed by atoms with Crippen LogP contribution in [0.3, 0.4) is 0 Å². The van der Waals surface area contributed by atoms with Crippen LogP contribution in [0.5, 0.6) is 0 Å². The van der Waals surface area contributed by atoms with E-state index in [2.05, 4.69) is 5.43 Å². The first-order valence-corrected chi connectivity index (χ1v) is 6.14. The molecule has 1 aliphatic rings. The van der Waals surface area contributed by atoms with Gasteiger partial charge in [-0.05, 0) is 12.1 Å². The lowest BCUT2D eigenvalue weighted by Crippen LogP contribution is -2.36. The van der Waals surface area contributed by atoms with Crippen LogP contribution >= 0.6 is 34.8 Å². The number of hydrogen-bond donors (Lipinski definition) is 1. The minimum Gasteiger partial charge on any atom is -0.272 e. The van der Waals surface area contributed by atoms with Gasteiger partial charge in [0, 0.05) is 6.54 Å². The number of hydrogen-bond acceptors (Lipinski definition) is 2. The predicted octanol–water partition coefficient (Wildman–Crippen LogP) is 3.68. The number of nitrogens with one attached hydrogen (secondary N) is 1. The maximum absolute atomic E-state index is 12.6. The Morgan fingerprint density at radius 3 is 2.37 bits per heavy atom. The van der Waals surface area contributed by atoms with Gasteiger partial charge in [-0.25, -0.2) is 10.4 Å². The van der Waals surface area contributed by atoms with E-state index in [0.717, 1.165) is 5.01 Å². The number of carbonyl (C=O) groups is 1. The van der Waals surface area contributed by atoms with Crippen molar-refractivity contribution in [3.8, 4) is 0 Å². The van der Waals surface area contributed by atoms with Crippen molar-refractivity contribution in [2.24, 2.45) is 5.92 Å². The summed E-state index contributed by atoms with van der Waals surface area (Å²) in [6.45, 7) is -0.543. The summed E-state index contributed by atoms with van der Waals surface area (Å²) in [6, 6.07) is 2.67. The van der Waals surface area contributed by atoms with Gasteiger partial charge in [0.25, 0.3) is 5.91 Å². The van der Waals surface area contributed by atoms with Crippen LogP contribution in [0.4, 0.5) is 18.9 Å². The molecule has 1 unspecified atom stereocenters. The molecular formula is C10H6Cl3F3N2O. The summed E-state index contributed by atoms with van der Waals surface area (Å²) in [5, 5.41) is 0.779.